The largest absolute Gasteiger partial charge is 0.457 e. The molecule has 3 aromatic rings. The Bertz CT molecular complexity index is 897. The Morgan fingerprint density at radius 2 is 1.60 bits per heavy atom. The molecule has 4 heteroatoms. The number of rotatable bonds is 3. The highest BCUT2D eigenvalue weighted by atomic mass is 16.5. The highest BCUT2D eigenvalue weighted by molar-refractivity contribution is 5.89. The van der Waals surface area contributed by atoms with Gasteiger partial charge in [0, 0.05) is 29.6 Å². The zero-order valence-electron chi connectivity index (χ0n) is 14.3. The summed E-state index contributed by atoms with van der Waals surface area (Å²) in [5.74, 6) is 1.12. The van der Waals surface area contributed by atoms with Crippen molar-refractivity contribution in [3.8, 4) is 11.5 Å². The highest BCUT2D eigenvalue weighted by Crippen LogP contribution is 2.43. The fraction of sp³-hybridized carbons (Fsp3) is 0.190. The van der Waals surface area contributed by atoms with Crippen LogP contribution in [-0.2, 0) is 18.4 Å². The Labute approximate surface area is 147 Å². The number of hydrogen-bond donors (Lipinski definition) is 1. The Morgan fingerprint density at radius 3 is 2.16 bits per heavy atom. The zero-order valence-corrected chi connectivity index (χ0v) is 14.3. The van der Waals surface area contributed by atoms with E-state index in [0.717, 1.165) is 28.3 Å². The Balaban J connectivity index is 1.65. The Kier molecular flexibility index (Phi) is 3.80. The van der Waals surface area contributed by atoms with Crippen LogP contribution in [0, 0.1) is 6.92 Å². The number of para-hydroxylation sites is 2. The molecule has 0 atom stereocenters. The molecule has 4 nitrogen and oxygen atoms in total. The minimum Gasteiger partial charge on any atom is -0.457 e. The molecule has 1 aliphatic rings. The molecular formula is C21H20N2O2. The molecule has 0 spiro atoms. The highest BCUT2D eigenvalue weighted by Gasteiger charge is 2.32. The molecule has 1 aliphatic heterocycles. The molecule has 0 fully saturated rings. The number of amides is 1. The first-order valence-corrected chi connectivity index (χ1v) is 8.40. The predicted molar refractivity (Wildman–Crippen MR) is 96.8 cm³/mol. The van der Waals surface area contributed by atoms with E-state index in [1.165, 1.54) is 5.69 Å². The van der Waals surface area contributed by atoms with Gasteiger partial charge in [-0.05, 0) is 31.2 Å². The number of fused-ring (bicyclic) bond motifs is 2. The van der Waals surface area contributed by atoms with E-state index < -0.39 is 0 Å². The van der Waals surface area contributed by atoms with Gasteiger partial charge in [-0.3, -0.25) is 4.79 Å². The standard InChI is InChI=1S/C21H20N2O2/c1-14-11-12-15(23(14)2)13-22-21(24)20-16-7-3-5-9-18(16)25-19-10-6-4-8-17(19)20/h3-12,20H,13H2,1-2H3,(H,22,24). The van der Waals surface area contributed by atoms with Crippen molar-refractivity contribution in [1.82, 2.24) is 9.88 Å². The van der Waals surface area contributed by atoms with Crippen molar-refractivity contribution in [2.45, 2.75) is 19.4 Å². The van der Waals surface area contributed by atoms with Gasteiger partial charge in [-0.1, -0.05) is 36.4 Å². The van der Waals surface area contributed by atoms with Crippen LogP contribution in [0.1, 0.15) is 28.4 Å². The molecule has 126 valence electrons. The number of hydrogen-bond acceptors (Lipinski definition) is 2. The van der Waals surface area contributed by atoms with Gasteiger partial charge < -0.3 is 14.6 Å². The van der Waals surface area contributed by atoms with Crippen LogP contribution in [0.15, 0.2) is 60.7 Å². The van der Waals surface area contributed by atoms with E-state index in [1.54, 1.807) is 0 Å². The first-order chi connectivity index (χ1) is 12.1. The quantitative estimate of drug-likeness (QED) is 0.791. The molecule has 0 radical (unpaired) electrons. The second kappa shape index (κ2) is 6.13. The molecule has 0 saturated carbocycles. The van der Waals surface area contributed by atoms with E-state index in [2.05, 4.69) is 22.9 Å². The molecule has 0 aliphatic carbocycles. The number of carbonyl (C=O) groups is 1. The van der Waals surface area contributed by atoms with Crippen molar-refractivity contribution >= 4 is 5.91 Å². The molecule has 0 unspecified atom stereocenters. The van der Waals surface area contributed by atoms with Crippen molar-refractivity contribution in [2.24, 2.45) is 7.05 Å². The summed E-state index contributed by atoms with van der Waals surface area (Å²) in [6.45, 7) is 2.56. The van der Waals surface area contributed by atoms with Crippen LogP contribution in [0.25, 0.3) is 0 Å². The minimum absolute atomic E-state index is 0.0120. The summed E-state index contributed by atoms with van der Waals surface area (Å²) >= 11 is 0. The van der Waals surface area contributed by atoms with Gasteiger partial charge >= 0.3 is 0 Å². The third-order valence-corrected chi connectivity index (χ3v) is 4.86. The molecule has 2 heterocycles. The molecular weight excluding hydrogens is 312 g/mol. The second-order valence-electron chi connectivity index (χ2n) is 6.35. The van der Waals surface area contributed by atoms with Gasteiger partial charge in [-0.25, -0.2) is 0 Å². The summed E-state index contributed by atoms with van der Waals surface area (Å²) < 4.78 is 8.05. The van der Waals surface area contributed by atoms with Crippen molar-refractivity contribution in [3.63, 3.8) is 0 Å². The lowest BCUT2D eigenvalue weighted by Gasteiger charge is -2.27. The SMILES string of the molecule is Cc1ccc(CNC(=O)C2c3ccccc3Oc3ccccc32)n1C. The van der Waals surface area contributed by atoms with Crippen molar-refractivity contribution in [2.75, 3.05) is 0 Å². The average molecular weight is 332 g/mol. The zero-order chi connectivity index (χ0) is 17.4. The maximum absolute atomic E-state index is 13.0. The number of carbonyl (C=O) groups excluding carboxylic acids is 1. The summed E-state index contributed by atoms with van der Waals surface area (Å²) in [7, 11) is 2.01. The smallest absolute Gasteiger partial charge is 0.232 e. The van der Waals surface area contributed by atoms with Crippen LogP contribution in [0.3, 0.4) is 0 Å². The first-order valence-electron chi connectivity index (χ1n) is 8.40. The van der Waals surface area contributed by atoms with Crippen LogP contribution >= 0.6 is 0 Å². The molecule has 1 amide bonds. The number of ether oxygens (including phenoxy) is 1. The Morgan fingerprint density at radius 1 is 1.00 bits per heavy atom. The lowest BCUT2D eigenvalue weighted by molar-refractivity contribution is -0.122. The number of nitrogens with zero attached hydrogens (tertiary/aromatic N) is 1. The first kappa shape index (κ1) is 15.5. The molecule has 1 N–H and O–H groups in total. The second-order valence-corrected chi connectivity index (χ2v) is 6.35. The fourth-order valence-electron chi connectivity index (χ4n) is 3.32. The summed E-state index contributed by atoms with van der Waals surface area (Å²) in [6.07, 6.45) is 0. The number of benzene rings is 2. The topological polar surface area (TPSA) is 43.3 Å². The summed E-state index contributed by atoms with van der Waals surface area (Å²) in [4.78, 5) is 13.0. The van der Waals surface area contributed by atoms with Gasteiger partial charge in [0.2, 0.25) is 5.91 Å². The lowest BCUT2D eigenvalue weighted by atomic mass is 9.87. The molecule has 0 bridgehead atoms. The summed E-state index contributed by atoms with van der Waals surface area (Å²) in [6, 6.07) is 19.6. The molecule has 2 aromatic carbocycles. The number of nitrogens with one attached hydrogen (secondary N) is 1. The van der Waals surface area contributed by atoms with E-state index in [0.29, 0.717) is 6.54 Å². The van der Waals surface area contributed by atoms with Crippen molar-refractivity contribution in [1.29, 1.82) is 0 Å². The summed E-state index contributed by atoms with van der Waals surface area (Å²) in [5.41, 5.74) is 4.06. The van der Waals surface area contributed by atoms with E-state index in [9.17, 15) is 4.79 Å². The van der Waals surface area contributed by atoms with Gasteiger partial charge in [0.25, 0.3) is 0 Å². The van der Waals surface area contributed by atoms with Crippen LogP contribution < -0.4 is 10.1 Å². The Hall–Kier alpha value is -3.01. The fourth-order valence-corrected chi connectivity index (χ4v) is 3.32. The van der Waals surface area contributed by atoms with Crippen LogP contribution in [-0.4, -0.2) is 10.5 Å². The lowest BCUT2D eigenvalue weighted by Crippen LogP contribution is -2.31. The van der Waals surface area contributed by atoms with Gasteiger partial charge in [-0.15, -0.1) is 0 Å². The maximum atomic E-state index is 13.0. The number of aryl methyl sites for hydroxylation is 1. The molecule has 4 rings (SSSR count). The predicted octanol–water partition coefficient (Wildman–Crippen LogP) is 3.89. The molecule has 1 aromatic heterocycles. The third kappa shape index (κ3) is 2.70. The van der Waals surface area contributed by atoms with Crippen LogP contribution in [0.4, 0.5) is 0 Å². The van der Waals surface area contributed by atoms with Gasteiger partial charge in [0.15, 0.2) is 0 Å². The minimum atomic E-state index is -0.359. The van der Waals surface area contributed by atoms with Crippen LogP contribution in [0.2, 0.25) is 0 Å². The summed E-state index contributed by atoms with van der Waals surface area (Å²) in [5, 5.41) is 3.09. The molecule has 25 heavy (non-hydrogen) atoms. The van der Waals surface area contributed by atoms with Gasteiger partial charge in [-0.2, -0.15) is 0 Å². The van der Waals surface area contributed by atoms with E-state index in [4.69, 9.17) is 4.74 Å². The van der Waals surface area contributed by atoms with Crippen LogP contribution in [0.5, 0.6) is 11.5 Å². The van der Waals surface area contributed by atoms with Crippen molar-refractivity contribution < 1.29 is 9.53 Å². The monoisotopic (exact) mass is 332 g/mol. The third-order valence-electron chi connectivity index (χ3n) is 4.86. The molecule has 0 saturated heterocycles. The van der Waals surface area contributed by atoms with Gasteiger partial charge in [0.05, 0.1) is 12.5 Å². The van der Waals surface area contributed by atoms with E-state index >= 15 is 0 Å². The van der Waals surface area contributed by atoms with Gasteiger partial charge in [0.1, 0.15) is 11.5 Å². The van der Waals surface area contributed by atoms with E-state index in [-0.39, 0.29) is 11.8 Å². The number of aromatic nitrogens is 1. The normalized spacial score (nSPS) is 12.9. The van der Waals surface area contributed by atoms with Crippen molar-refractivity contribution in [3.05, 3.63) is 83.2 Å². The average Bonchev–Trinajstić information content (AvgIpc) is 2.96. The van der Waals surface area contributed by atoms with E-state index in [1.807, 2.05) is 61.6 Å². The maximum Gasteiger partial charge on any atom is 0.232 e.